The predicted octanol–water partition coefficient (Wildman–Crippen LogP) is 3.33. The highest BCUT2D eigenvalue weighted by Crippen LogP contribution is 2.27. The van der Waals surface area contributed by atoms with Crippen molar-refractivity contribution in [2.75, 3.05) is 0 Å². The summed E-state index contributed by atoms with van der Waals surface area (Å²) in [5, 5.41) is 13.3. The first-order valence-corrected chi connectivity index (χ1v) is 8.71. The fourth-order valence-corrected chi connectivity index (χ4v) is 3.53. The van der Waals surface area contributed by atoms with E-state index in [1.807, 2.05) is 31.3 Å². The highest BCUT2D eigenvalue weighted by Gasteiger charge is 2.28. The molecule has 1 fully saturated rings. The number of carbonyl (C=O) groups excluding carboxylic acids is 1. The number of benzene rings is 1. The first kappa shape index (κ1) is 17.3. The number of aryl methyl sites for hydroxylation is 1. The van der Waals surface area contributed by atoms with Crippen LogP contribution in [0.2, 0.25) is 0 Å². The third-order valence-corrected chi connectivity index (χ3v) is 5.11. The van der Waals surface area contributed by atoms with Gasteiger partial charge in [-0.3, -0.25) is 4.79 Å². The molecule has 1 aliphatic carbocycles. The van der Waals surface area contributed by atoms with E-state index < -0.39 is 12.0 Å². The molecule has 2 aromatic rings. The maximum absolute atomic E-state index is 12.5. The van der Waals surface area contributed by atoms with Crippen LogP contribution in [0.5, 0.6) is 0 Å². The lowest BCUT2D eigenvalue weighted by Crippen LogP contribution is -2.45. The molecule has 0 radical (unpaired) electrons. The summed E-state index contributed by atoms with van der Waals surface area (Å²) < 4.78 is 0. The normalized spacial score (nSPS) is 16.8. The van der Waals surface area contributed by atoms with Gasteiger partial charge < -0.3 is 15.4 Å². The summed E-state index contributed by atoms with van der Waals surface area (Å²) in [6.07, 6.45) is 5.30. The Bertz CT molecular complexity index is 811. The van der Waals surface area contributed by atoms with Gasteiger partial charge in [0.05, 0.1) is 0 Å². The van der Waals surface area contributed by atoms with Crippen molar-refractivity contribution in [3.63, 3.8) is 0 Å². The molecule has 1 amide bonds. The number of hydrogen-bond donors (Lipinski definition) is 3. The quantitative estimate of drug-likeness (QED) is 0.730. The van der Waals surface area contributed by atoms with Crippen LogP contribution in [-0.2, 0) is 16.0 Å². The van der Waals surface area contributed by atoms with Gasteiger partial charge in [-0.15, -0.1) is 0 Å². The molecule has 1 aromatic heterocycles. The Kier molecular flexibility index (Phi) is 4.93. The monoisotopic (exact) mass is 340 g/mol. The van der Waals surface area contributed by atoms with Crippen molar-refractivity contribution in [2.45, 2.75) is 45.1 Å². The fraction of sp³-hybridized carbons (Fsp3) is 0.400. The molecule has 3 N–H and O–H groups in total. The zero-order valence-corrected chi connectivity index (χ0v) is 14.5. The van der Waals surface area contributed by atoms with Gasteiger partial charge in [0.2, 0.25) is 5.91 Å². The van der Waals surface area contributed by atoms with E-state index in [0.717, 1.165) is 47.7 Å². The van der Waals surface area contributed by atoms with E-state index in [1.54, 1.807) is 0 Å². The minimum atomic E-state index is -1.00. The maximum Gasteiger partial charge on any atom is 0.326 e. The van der Waals surface area contributed by atoms with Crippen LogP contribution in [0.1, 0.15) is 36.8 Å². The minimum Gasteiger partial charge on any atom is -0.480 e. The van der Waals surface area contributed by atoms with E-state index in [9.17, 15) is 14.7 Å². The molecular formula is C20H24N2O3. The van der Waals surface area contributed by atoms with Gasteiger partial charge in [0, 0.05) is 29.4 Å². The average molecular weight is 340 g/mol. The van der Waals surface area contributed by atoms with Gasteiger partial charge >= 0.3 is 5.97 Å². The molecule has 0 spiro atoms. The topological polar surface area (TPSA) is 82.2 Å². The third-order valence-electron chi connectivity index (χ3n) is 5.11. The van der Waals surface area contributed by atoms with Crippen LogP contribution in [0.3, 0.4) is 0 Å². The maximum atomic E-state index is 12.5. The highest BCUT2D eigenvalue weighted by molar-refractivity contribution is 5.88. The van der Waals surface area contributed by atoms with Crippen LogP contribution in [0.25, 0.3) is 10.9 Å². The summed E-state index contributed by atoms with van der Waals surface area (Å²) in [5.41, 5.74) is 4.21. The van der Waals surface area contributed by atoms with Crippen LogP contribution >= 0.6 is 0 Å². The second-order valence-corrected chi connectivity index (χ2v) is 6.94. The smallest absolute Gasteiger partial charge is 0.326 e. The van der Waals surface area contributed by atoms with Gasteiger partial charge in [-0.2, -0.15) is 0 Å². The molecule has 1 aliphatic rings. The van der Waals surface area contributed by atoms with Gasteiger partial charge in [-0.25, -0.2) is 4.79 Å². The zero-order valence-electron chi connectivity index (χ0n) is 14.5. The lowest BCUT2D eigenvalue weighted by Gasteiger charge is -2.24. The molecule has 132 valence electrons. The number of carbonyl (C=O) groups is 2. The van der Waals surface area contributed by atoms with E-state index in [0.29, 0.717) is 0 Å². The Hall–Kier alpha value is -2.56. The van der Waals surface area contributed by atoms with Crippen LogP contribution < -0.4 is 5.32 Å². The summed E-state index contributed by atoms with van der Waals surface area (Å²) in [6.45, 7) is 5.96. The van der Waals surface area contributed by atoms with E-state index in [-0.39, 0.29) is 18.2 Å². The van der Waals surface area contributed by atoms with Crippen molar-refractivity contribution in [3.05, 3.63) is 47.7 Å². The number of para-hydroxylation sites is 1. The Balaban J connectivity index is 1.73. The minimum absolute atomic E-state index is 0.113. The van der Waals surface area contributed by atoms with E-state index >= 15 is 0 Å². The second-order valence-electron chi connectivity index (χ2n) is 6.94. The molecule has 1 saturated carbocycles. The first-order chi connectivity index (χ1) is 12.0. The second kappa shape index (κ2) is 7.13. The van der Waals surface area contributed by atoms with E-state index in [1.165, 1.54) is 5.57 Å². The molecule has 3 rings (SSSR count). The van der Waals surface area contributed by atoms with Gasteiger partial charge in [0.15, 0.2) is 0 Å². The molecule has 1 aromatic carbocycles. The lowest BCUT2D eigenvalue weighted by molar-refractivity contribution is -0.142. The van der Waals surface area contributed by atoms with Gasteiger partial charge in [0.1, 0.15) is 6.04 Å². The molecule has 1 unspecified atom stereocenters. The molecule has 0 bridgehead atoms. The molecule has 1 atom stereocenters. The SMILES string of the molecule is C=C1CCC(C(=O)NC(Cc2c[nH]c3c(C)cccc23)C(=O)O)CC1. The number of fused-ring (bicyclic) bond motifs is 1. The van der Waals surface area contributed by atoms with E-state index in [2.05, 4.69) is 16.9 Å². The summed E-state index contributed by atoms with van der Waals surface area (Å²) in [6, 6.07) is 5.02. The van der Waals surface area contributed by atoms with Crippen molar-refractivity contribution >= 4 is 22.8 Å². The fourth-order valence-electron chi connectivity index (χ4n) is 3.53. The van der Waals surface area contributed by atoms with Crippen molar-refractivity contribution in [1.29, 1.82) is 0 Å². The predicted molar refractivity (Wildman–Crippen MR) is 97.4 cm³/mol. The van der Waals surface area contributed by atoms with Crippen LogP contribution in [0, 0.1) is 12.8 Å². The molecular weight excluding hydrogens is 316 g/mol. The van der Waals surface area contributed by atoms with Gasteiger partial charge in [-0.1, -0.05) is 30.4 Å². The van der Waals surface area contributed by atoms with Gasteiger partial charge in [0.25, 0.3) is 0 Å². The average Bonchev–Trinajstić information content (AvgIpc) is 2.99. The summed E-state index contributed by atoms with van der Waals surface area (Å²) in [4.78, 5) is 27.3. The Morgan fingerprint density at radius 1 is 1.36 bits per heavy atom. The molecule has 5 heteroatoms. The van der Waals surface area contributed by atoms with Crippen molar-refractivity contribution < 1.29 is 14.7 Å². The lowest BCUT2D eigenvalue weighted by atomic mass is 9.86. The van der Waals surface area contributed by atoms with Crippen LogP contribution in [0.4, 0.5) is 0 Å². The molecule has 1 heterocycles. The molecule has 0 saturated heterocycles. The van der Waals surface area contributed by atoms with Gasteiger partial charge in [-0.05, 0) is 43.7 Å². The zero-order chi connectivity index (χ0) is 18.0. The summed E-state index contributed by atoms with van der Waals surface area (Å²) in [7, 11) is 0. The Morgan fingerprint density at radius 2 is 2.08 bits per heavy atom. The number of carboxylic acids is 1. The number of rotatable bonds is 5. The van der Waals surface area contributed by atoms with Crippen molar-refractivity contribution in [3.8, 4) is 0 Å². The summed E-state index contributed by atoms with van der Waals surface area (Å²) >= 11 is 0. The standard InChI is InChI=1S/C20H24N2O3/c1-12-6-8-14(9-7-12)19(23)22-17(20(24)25)10-15-11-21-18-13(2)4-3-5-16(15)18/h3-5,11,14,17,21H,1,6-10H2,2H3,(H,22,23)(H,24,25). The van der Waals surface area contributed by atoms with Crippen LogP contribution in [-0.4, -0.2) is 28.0 Å². The third kappa shape index (κ3) is 3.76. The van der Waals surface area contributed by atoms with Crippen molar-refractivity contribution in [2.24, 2.45) is 5.92 Å². The number of H-pyrrole nitrogens is 1. The molecule has 0 aliphatic heterocycles. The molecule has 25 heavy (non-hydrogen) atoms. The Morgan fingerprint density at radius 3 is 2.76 bits per heavy atom. The number of aromatic amines is 1. The number of aromatic nitrogens is 1. The number of nitrogens with one attached hydrogen (secondary N) is 2. The number of aliphatic carboxylic acids is 1. The number of hydrogen-bond acceptors (Lipinski definition) is 2. The van der Waals surface area contributed by atoms with Crippen molar-refractivity contribution in [1.82, 2.24) is 10.3 Å². The number of allylic oxidation sites excluding steroid dienone is 1. The Labute approximate surface area is 147 Å². The first-order valence-electron chi connectivity index (χ1n) is 8.71. The number of carboxylic acid groups (broad SMARTS) is 1. The van der Waals surface area contributed by atoms with Crippen LogP contribution in [0.15, 0.2) is 36.5 Å². The summed E-state index contributed by atoms with van der Waals surface area (Å²) in [5.74, 6) is -1.27. The molecule has 5 nitrogen and oxygen atoms in total. The highest BCUT2D eigenvalue weighted by atomic mass is 16.4. The van der Waals surface area contributed by atoms with E-state index in [4.69, 9.17) is 0 Å². The number of amides is 1. The largest absolute Gasteiger partial charge is 0.480 e.